The van der Waals surface area contributed by atoms with Crippen molar-refractivity contribution in [1.29, 1.82) is 0 Å². The normalized spacial score (nSPS) is 10.8. The summed E-state index contributed by atoms with van der Waals surface area (Å²) >= 11 is 12.1. The van der Waals surface area contributed by atoms with E-state index < -0.39 is 0 Å². The summed E-state index contributed by atoms with van der Waals surface area (Å²) in [6.07, 6.45) is 1.59. The largest absolute Gasteiger partial charge is 0.368 e. The molecule has 2 aromatic heterocycles. The van der Waals surface area contributed by atoms with Crippen molar-refractivity contribution in [3.8, 4) is 28.3 Å². The highest BCUT2D eigenvalue weighted by molar-refractivity contribution is 6.31. The number of nitrogens with two attached hydrogens (primary N) is 1. The average molecular weight is 384 g/mol. The fraction of sp³-hybridized carbons (Fsp3) is 0. The highest BCUT2D eigenvalue weighted by atomic mass is 35.5. The molecule has 4 rings (SSSR count). The lowest BCUT2D eigenvalue weighted by molar-refractivity contribution is 0.791. The van der Waals surface area contributed by atoms with Crippen LogP contribution in [0.3, 0.4) is 0 Å². The summed E-state index contributed by atoms with van der Waals surface area (Å²) in [7, 11) is 0. The van der Waals surface area contributed by atoms with Crippen molar-refractivity contribution >= 4 is 29.2 Å². The van der Waals surface area contributed by atoms with Gasteiger partial charge in [-0.1, -0.05) is 35.3 Å². The van der Waals surface area contributed by atoms with Gasteiger partial charge in [0.2, 0.25) is 5.95 Å². The summed E-state index contributed by atoms with van der Waals surface area (Å²) < 4.78 is 1.58. The molecule has 7 nitrogen and oxygen atoms in total. The van der Waals surface area contributed by atoms with Crippen LogP contribution in [0.15, 0.2) is 54.7 Å². The predicted molar refractivity (Wildman–Crippen MR) is 100 cm³/mol. The first-order valence-electron chi connectivity index (χ1n) is 7.55. The van der Waals surface area contributed by atoms with E-state index in [2.05, 4.69) is 25.5 Å². The molecule has 4 aromatic rings. The van der Waals surface area contributed by atoms with E-state index in [0.717, 1.165) is 11.3 Å². The first-order chi connectivity index (χ1) is 12.6. The molecule has 0 aliphatic heterocycles. The molecular formula is C17H11Cl2N7. The predicted octanol–water partition coefficient (Wildman–Crippen LogP) is 3.68. The lowest BCUT2D eigenvalue weighted by Crippen LogP contribution is -2.04. The molecule has 0 amide bonds. The molecule has 0 atom stereocenters. The lowest BCUT2D eigenvalue weighted by atomic mass is 10.1. The van der Waals surface area contributed by atoms with Crippen LogP contribution in [0.1, 0.15) is 0 Å². The van der Waals surface area contributed by atoms with Crippen molar-refractivity contribution in [2.45, 2.75) is 0 Å². The summed E-state index contributed by atoms with van der Waals surface area (Å²) in [6, 6.07) is 14.5. The molecule has 0 unspecified atom stereocenters. The third-order valence-electron chi connectivity index (χ3n) is 3.69. The SMILES string of the molecule is Nc1ncc(-c2nnnn2-c2ccc(Cl)cc2)c(-c2cccc(Cl)c2)n1. The molecule has 0 bridgehead atoms. The molecule has 26 heavy (non-hydrogen) atoms. The van der Waals surface area contributed by atoms with E-state index in [1.54, 1.807) is 35.1 Å². The molecule has 2 heterocycles. The maximum Gasteiger partial charge on any atom is 0.220 e. The van der Waals surface area contributed by atoms with Gasteiger partial charge in [0.15, 0.2) is 5.82 Å². The number of halogens is 2. The van der Waals surface area contributed by atoms with E-state index >= 15 is 0 Å². The molecule has 128 valence electrons. The monoisotopic (exact) mass is 383 g/mol. The van der Waals surface area contributed by atoms with Crippen LogP contribution in [0.4, 0.5) is 5.95 Å². The van der Waals surface area contributed by atoms with Gasteiger partial charge in [0.05, 0.1) is 16.9 Å². The van der Waals surface area contributed by atoms with Gasteiger partial charge in [0.1, 0.15) is 0 Å². The Morgan fingerprint density at radius 1 is 0.962 bits per heavy atom. The average Bonchev–Trinajstić information content (AvgIpc) is 3.12. The third kappa shape index (κ3) is 3.10. The van der Waals surface area contributed by atoms with Gasteiger partial charge in [-0.15, -0.1) is 5.10 Å². The topological polar surface area (TPSA) is 95.4 Å². The van der Waals surface area contributed by atoms with Crippen molar-refractivity contribution in [2.75, 3.05) is 5.73 Å². The van der Waals surface area contributed by atoms with Crippen LogP contribution in [0.2, 0.25) is 10.0 Å². The number of anilines is 1. The number of nitrogen functional groups attached to an aromatic ring is 1. The van der Waals surface area contributed by atoms with Crippen LogP contribution in [0.5, 0.6) is 0 Å². The number of hydrogen-bond acceptors (Lipinski definition) is 6. The number of benzene rings is 2. The first kappa shape index (κ1) is 16.4. The quantitative estimate of drug-likeness (QED) is 0.579. The van der Waals surface area contributed by atoms with E-state index in [9.17, 15) is 0 Å². The molecule has 0 aliphatic carbocycles. The van der Waals surface area contributed by atoms with Crippen LogP contribution in [-0.2, 0) is 0 Å². The van der Waals surface area contributed by atoms with Crippen LogP contribution >= 0.6 is 23.2 Å². The van der Waals surface area contributed by atoms with Crippen molar-refractivity contribution in [2.24, 2.45) is 0 Å². The van der Waals surface area contributed by atoms with E-state index in [0.29, 0.717) is 27.1 Å². The van der Waals surface area contributed by atoms with Crippen molar-refractivity contribution < 1.29 is 0 Å². The Morgan fingerprint density at radius 2 is 1.77 bits per heavy atom. The van der Waals surface area contributed by atoms with Gasteiger partial charge in [-0.2, -0.15) is 4.68 Å². The second kappa shape index (κ2) is 6.70. The van der Waals surface area contributed by atoms with Crippen LogP contribution in [-0.4, -0.2) is 30.2 Å². The maximum atomic E-state index is 6.12. The van der Waals surface area contributed by atoms with Gasteiger partial charge in [-0.05, 0) is 46.8 Å². The van der Waals surface area contributed by atoms with Gasteiger partial charge >= 0.3 is 0 Å². The number of rotatable bonds is 3. The molecule has 2 N–H and O–H groups in total. The van der Waals surface area contributed by atoms with Crippen LogP contribution in [0.25, 0.3) is 28.3 Å². The van der Waals surface area contributed by atoms with Crippen molar-refractivity contribution in [3.63, 3.8) is 0 Å². The summed E-state index contributed by atoms with van der Waals surface area (Å²) in [6.45, 7) is 0. The number of aromatic nitrogens is 6. The van der Waals surface area contributed by atoms with Crippen molar-refractivity contribution in [1.82, 2.24) is 30.2 Å². The minimum absolute atomic E-state index is 0.147. The fourth-order valence-corrected chi connectivity index (χ4v) is 2.84. The Bertz CT molecular complexity index is 1080. The Balaban J connectivity index is 1.90. The number of hydrogen-bond donors (Lipinski definition) is 1. The molecule has 0 saturated heterocycles. The molecule has 0 spiro atoms. The molecule has 9 heteroatoms. The Morgan fingerprint density at radius 3 is 2.54 bits per heavy atom. The lowest BCUT2D eigenvalue weighted by Gasteiger charge is -2.10. The maximum absolute atomic E-state index is 6.12. The van der Waals surface area contributed by atoms with Crippen LogP contribution in [0, 0.1) is 0 Å². The van der Waals surface area contributed by atoms with E-state index in [1.807, 2.05) is 24.3 Å². The minimum Gasteiger partial charge on any atom is -0.368 e. The van der Waals surface area contributed by atoms with Gasteiger partial charge in [-0.25, -0.2) is 9.97 Å². The van der Waals surface area contributed by atoms with Gasteiger partial charge in [-0.3, -0.25) is 0 Å². The van der Waals surface area contributed by atoms with Gasteiger partial charge < -0.3 is 5.73 Å². The van der Waals surface area contributed by atoms with Crippen LogP contribution < -0.4 is 5.73 Å². The van der Waals surface area contributed by atoms with Gasteiger partial charge in [0, 0.05) is 21.8 Å². The molecule has 0 saturated carbocycles. The zero-order valence-corrected chi connectivity index (χ0v) is 14.7. The Kier molecular flexibility index (Phi) is 4.24. The molecule has 0 radical (unpaired) electrons. The zero-order chi connectivity index (χ0) is 18.1. The minimum atomic E-state index is 0.147. The first-order valence-corrected chi connectivity index (χ1v) is 8.30. The highest BCUT2D eigenvalue weighted by Crippen LogP contribution is 2.31. The summed E-state index contributed by atoms with van der Waals surface area (Å²) in [5.74, 6) is 0.622. The second-order valence-corrected chi connectivity index (χ2v) is 6.26. The smallest absolute Gasteiger partial charge is 0.220 e. The molecule has 0 aliphatic rings. The van der Waals surface area contributed by atoms with E-state index in [4.69, 9.17) is 28.9 Å². The van der Waals surface area contributed by atoms with E-state index in [-0.39, 0.29) is 5.95 Å². The summed E-state index contributed by atoms with van der Waals surface area (Å²) in [4.78, 5) is 8.46. The molecular weight excluding hydrogens is 373 g/mol. The summed E-state index contributed by atoms with van der Waals surface area (Å²) in [5.41, 5.74) is 8.55. The van der Waals surface area contributed by atoms with Crippen molar-refractivity contribution in [3.05, 3.63) is 64.8 Å². The Labute approximate surface area is 158 Å². The Hall–Kier alpha value is -3.03. The fourth-order valence-electron chi connectivity index (χ4n) is 2.53. The standard InChI is InChI=1S/C17H11Cl2N7/c18-11-4-6-13(7-5-11)26-16(23-24-25-26)14-9-21-17(20)22-15(14)10-2-1-3-12(19)8-10/h1-9H,(H2,20,21,22). The summed E-state index contributed by atoms with van der Waals surface area (Å²) in [5, 5.41) is 13.2. The number of nitrogens with zero attached hydrogens (tertiary/aromatic N) is 6. The number of tetrazole rings is 1. The highest BCUT2D eigenvalue weighted by Gasteiger charge is 2.18. The third-order valence-corrected chi connectivity index (χ3v) is 4.17. The second-order valence-electron chi connectivity index (χ2n) is 5.39. The zero-order valence-electron chi connectivity index (χ0n) is 13.2. The molecule has 0 fully saturated rings. The van der Waals surface area contributed by atoms with Gasteiger partial charge in [0.25, 0.3) is 0 Å². The molecule has 2 aromatic carbocycles. The van der Waals surface area contributed by atoms with E-state index in [1.165, 1.54) is 0 Å².